The standard InChI is InChI=1S/C14H19ClO3/c1-13(2,16)10-4-5-12(11(15)6-10)18-9-14(3)7-17-8-14/h4-6,16H,7-9H2,1-3H3. The maximum atomic E-state index is 9.89. The van der Waals surface area contributed by atoms with E-state index < -0.39 is 5.60 Å². The minimum Gasteiger partial charge on any atom is -0.491 e. The molecule has 1 fully saturated rings. The number of aliphatic hydroxyl groups is 1. The fraction of sp³-hybridized carbons (Fsp3) is 0.571. The predicted molar refractivity (Wildman–Crippen MR) is 71.1 cm³/mol. The van der Waals surface area contributed by atoms with Gasteiger partial charge >= 0.3 is 0 Å². The van der Waals surface area contributed by atoms with Gasteiger partial charge in [0.15, 0.2) is 0 Å². The molecular weight excluding hydrogens is 252 g/mol. The van der Waals surface area contributed by atoms with Crippen molar-refractivity contribution in [2.45, 2.75) is 26.4 Å². The van der Waals surface area contributed by atoms with Crippen molar-refractivity contribution in [3.8, 4) is 5.75 Å². The van der Waals surface area contributed by atoms with E-state index in [0.29, 0.717) is 17.4 Å². The zero-order valence-corrected chi connectivity index (χ0v) is 11.8. The van der Waals surface area contributed by atoms with E-state index in [1.807, 2.05) is 6.07 Å². The molecule has 1 saturated heterocycles. The molecule has 1 heterocycles. The number of benzene rings is 1. The van der Waals surface area contributed by atoms with Crippen molar-refractivity contribution in [1.82, 2.24) is 0 Å². The molecule has 1 aliphatic heterocycles. The lowest BCUT2D eigenvalue weighted by molar-refractivity contribution is -0.120. The highest BCUT2D eigenvalue weighted by molar-refractivity contribution is 6.32. The molecule has 1 aromatic carbocycles. The summed E-state index contributed by atoms with van der Waals surface area (Å²) in [6, 6.07) is 5.38. The van der Waals surface area contributed by atoms with Crippen LogP contribution in [0.15, 0.2) is 18.2 Å². The van der Waals surface area contributed by atoms with Crippen LogP contribution in [0.2, 0.25) is 5.02 Å². The number of halogens is 1. The Labute approximate surface area is 113 Å². The van der Waals surface area contributed by atoms with Crippen molar-refractivity contribution in [2.24, 2.45) is 5.41 Å². The average Bonchev–Trinajstić information content (AvgIpc) is 2.23. The van der Waals surface area contributed by atoms with Crippen molar-refractivity contribution in [2.75, 3.05) is 19.8 Å². The van der Waals surface area contributed by atoms with Gasteiger partial charge in [-0.15, -0.1) is 0 Å². The molecule has 0 aromatic heterocycles. The molecule has 0 bridgehead atoms. The molecule has 100 valence electrons. The molecule has 0 unspecified atom stereocenters. The van der Waals surface area contributed by atoms with E-state index >= 15 is 0 Å². The van der Waals surface area contributed by atoms with Crippen molar-refractivity contribution in [1.29, 1.82) is 0 Å². The summed E-state index contributed by atoms with van der Waals surface area (Å²) in [6.45, 7) is 7.63. The maximum absolute atomic E-state index is 9.89. The lowest BCUT2D eigenvalue weighted by Crippen LogP contribution is -2.44. The molecule has 4 heteroatoms. The highest BCUT2D eigenvalue weighted by Crippen LogP contribution is 2.33. The molecule has 1 aliphatic rings. The first-order valence-corrected chi connectivity index (χ1v) is 6.41. The van der Waals surface area contributed by atoms with Gasteiger partial charge in [-0.25, -0.2) is 0 Å². The Morgan fingerprint density at radius 2 is 2.11 bits per heavy atom. The molecule has 0 radical (unpaired) electrons. The van der Waals surface area contributed by atoms with E-state index in [2.05, 4.69) is 6.92 Å². The Balaban J connectivity index is 2.06. The van der Waals surface area contributed by atoms with Crippen LogP contribution in [0.1, 0.15) is 26.3 Å². The first kappa shape index (κ1) is 13.7. The minimum atomic E-state index is -0.893. The Hall–Kier alpha value is -0.770. The van der Waals surface area contributed by atoms with Gasteiger partial charge in [0.1, 0.15) is 5.75 Å². The molecule has 1 aromatic rings. The lowest BCUT2D eigenvalue weighted by Gasteiger charge is -2.37. The van der Waals surface area contributed by atoms with Gasteiger partial charge < -0.3 is 14.6 Å². The van der Waals surface area contributed by atoms with Gasteiger partial charge in [0.2, 0.25) is 0 Å². The van der Waals surface area contributed by atoms with Gasteiger partial charge in [-0.2, -0.15) is 0 Å². The molecular formula is C14H19ClO3. The molecule has 18 heavy (non-hydrogen) atoms. The second kappa shape index (κ2) is 4.72. The van der Waals surface area contributed by atoms with Gasteiger partial charge in [-0.1, -0.05) is 24.6 Å². The van der Waals surface area contributed by atoms with E-state index in [1.165, 1.54) is 0 Å². The molecule has 2 rings (SSSR count). The van der Waals surface area contributed by atoms with E-state index in [0.717, 1.165) is 18.8 Å². The Morgan fingerprint density at radius 1 is 1.44 bits per heavy atom. The SMILES string of the molecule is CC1(COc2ccc(C(C)(C)O)cc2Cl)COC1. The van der Waals surface area contributed by atoms with Crippen LogP contribution < -0.4 is 4.74 Å². The summed E-state index contributed by atoms with van der Waals surface area (Å²) in [5, 5.41) is 10.4. The number of ether oxygens (including phenoxy) is 2. The minimum absolute atomic E-state index is 0.0955. The summed E-state index contributed by atoms with van der Waals surface area (Å²) in [7, 11) is 0. The predicted octanol–water partition coefficient (Wildman–Crippen LogP) is 2.98. The van der Waals surface area contributed by atoms with Crippen LogP contribution in [-0.2, 0) is 10.3 Å². The van der Waals surface area contributed by atoms with Crippen LogP contribution in [-0.4, -0.2) is 24.9 Å². The summed E-state index contributed by atoms with van der Waals surface area (Å²) in [5.74, 6) is 0.651. The maximum Gasteiger partial charge on any atom is 0.137 e. The molecule has 3 nitrogen and oxygen atoms in total. The number of rotatable bonds is 4. The molecule has 0 amide bonds. The van der Waals surface area contributed by atoms with Gasteiger partial charge in [0.05, 0.1) is 30.4 Å². The normalized spacial score (nSPS) is 18.3. The van der Waals surface area contributed by atoms with Crippen molar-refractivity contribution in [3.05, 3.63) is 28.8 Å². The third kappa shape index (κ3) is 2.97. The van der Waals surface area contributed by atoms with E-state index in [9.17, 15) is 5.11 Å². The highest BCUT2D eigenvalue weighted by Gasteiger charge is 2.34. The van der Waals surface area contributed by atoms with Crippen LogP contribution in [0.4, 0.5) is 0 Å². The summed E-state index contributed by atoms with van der Waals surface area (Å²) in [4.78, 5) is 0. The second-order valence-corrected chi connectivity index (χ2v) is 6.20. The molecule has 1 N–H and O–H groups in total. The van der Waals surface area contributed by atoms with Gasteiger partial charge in [-0.05, 0) is 31.5 Å². The third-order valence-corrected chi connectivity index (χ3v) is 3.41. The van der Waals surface area contributed by atoms with E-state index in [4.69, 9.17) is 21.1 Å². The smallest absolute Gasteiger partial charge is 0.137 e. The Bertz CT molecular complexity index is 433. The largest absolute Gasteiger partial charge is 0.491 e. The molecule has 0 saturated carbocycles. The van der Waals surface area contributed by atoms with E-state index in [-0.39, 0.29) is 5.41 Å². The van der Waals surface area contributed by atoms with Crippen molar-refractivity contribution < 1.29 is 14.6 Å². The zero-order valence-electron chi connectivity index (χ0n) is 11.0. The molecule has 0 spiro atoms. The fourth-order valence-electron chi connectivity index (χ4n) is 1.78. The van der Waals surface area contributed by atoms with E-state index in [1.54, 1.807) is 26.0 Å². The number of hydrogen-bond acceptors (Lipinski definition) is 3. The van der Waals surface area contributed by atoms with Crippen LogP contribution >= 0.6 is 11.6 Å². The zero-order chi connectivity index (χ0) is 13.4. The second-order valence-electron chi connectivity index (χ2n) is 5.80. The highest BCUT2D eigenvalue weighted by atomic mass is 35.5. The summed E-state index contributed by atoms with van der Waals surface area (Å²) in [5.41, 5.74) is -0.0214. The summed E-state index contributed by atoms with van der Waals surface area (Å²) in [6.07, 6.45) is 0. The topological polar surface area (TPSA) is 38.7 Å². The van der Waals surface area contributed by atoms with Crippen LogP contribution in [0, 0.1) is 5.41 Å². The molecule has 0 aliphatic carbocycles. The molecule has 0 atom stereocenters. The van der Waals surface area contributed by atoms with Gasteiger partial charge in [-0.3, -0.25) is 0 Å². The first-order valence-electron chi connectivity index (χ1n) is 6.03. The monoisotopic (exact) mass is 270 g/mol. The van der Waals surface area contributed by atoms with Gasteiger partial charge in [0, 0.05) is 5.41 Å². The third-order valence-electron chi connectivity index (χ3n) is 3.12. The first-order chi connectivity index (χ1) is 8.30. The van der Waals surface area contributed by atoms with Crippen LogP contribution in [0.25, 0.3) is 0 Å². The van der Waals surface area contributed by atoms with Crippen molar-refractivity contribution in [3.63, 3.8) is 0 Å². The van der Waals surface area contributed by atoms with Gasteiger partial charge in [0.25, 0.3) is 0 Å². The fourth-order valence-corrected chi connectivity index (χ4v) is 2.02. The Kier molecular flexibility index (Phi) is 3.58. The average molecular weight is 271 g/mol. The quantitative estimate of drug-likeness (QED) is 0.914. The lowest BCUT2D eigenvalue weighted by atomic mass is 9.90. The summed E-state index contributed by atoms with van der Waals surface area (Å²) >= 11 is 6.16. The Morgan fingerprint density at radius 3 is 2.56 bits per heavy atom. The summed E-state index contributed by atoms with van der Waals surface area (Å²) < 4.78 is 10.9. The van der Waals surface area contributed by atoms with Crippen LogP contribution in [0.3, 0.4) is 0 Å². The number of hydrogen-bond donors (Lipinski definition) is 1. The van der Waals surface area contributed by atoms with Crippen molar-refractivity contribution >= 4 is 11.6 Å². The van der Waals surface area contributed by atoms with Crippen LogP contribution in [0.5, 0.6) is 5.75 Å².